The van der Waals surface area contributed by atoms with Crippen molar-refractivity contribution in [2.45, 2.75) is 58.3 Å². The minimum Gasteiger partial charge on any atom is -0.0622 e. The van der Waals surface area contributed by atoms with Crippen LogP contribution in [0.2, 0.25) is 0 Å². The minimum absolute atomic E-state index is 1.04. The lowest BCUT2D eigenvalue weighted by Crippen LogP contribution is -2.20. The lowest BCUT2D eigenvalue weighted by atomic mass is 9.73. The Hall–Kier alpha value is 0. The third kappa shape index (κ3) is 1.84. The van der Waals surface area contributed by atoms with Crippen molar-refractivity contribution >= 4 is 0 Å². The molecule has 3 fully saturated rings. The molecule has 2 bridgehead atoms. The molecular formula is C12H22. The maximum atomic E-state index is 2.48. The predicted octanol–water partition coefficient (Wildman–Crippen LogP) is 4.00. The molecule has 12 heavy (non-hydrogen) atoms. The van der Waals surface area contributed by atoms with Crippen molar-refractivity contribution in [2.75, 3.05) is 0 Å². The second kappa shape index (κ2) is 3.81. The molecule has 0 aromatic carbocycles. The zero-order chi connectivity index (χ0) is 8.39. The molecule has 0 aromatic heterocycles. The van der Waals surface area contributed by atoms with E-state index in [9.17, 15) is 0 Å². The highest BCUT2D eigenvalue weighted by Gasteiger charge is 2.25. The van der Waals surface area contributed by atoms with Gasteiger partial charge in [-0.3, -0.25) is 0 Å². The van der Waals surface area contributed by atoms with E-state index in [1.165, 1.54) is 38.5 Å². The summed E-state index contributed by atoms with van der Waals surface area (Å²) in [5.74, 6) is 3.23. The van der Waals surface area contributed by atoms with Crippen LogP contribution in [0, 0.1) is 17.8 Å². The van der Waals surface area contributed by atoms with Crippen molar-refractivity contribution in [3.05, 3.63) is 0 Å². The van der Waals surface area contributed by atoms with E-state index in [2.05, 4.69) is 6.92 Å². The van der Waals surface area contributed by atoms with Crippen LogP contribution in [0.4, 0.5) is 0 Å². The zero-order valence-electron chi connectivity index (χ0n) is 8.39. The third-order valence-corrected chi connectivity index (χ3v) is 4.21. The van der Waals surface area contributed by atoms with Gasteiger partial charge in [0.2, 0.25) is 0 Å². The smallest absolute Gasteiger partial charge is 0.0388 e. The molecule has 0 aromatic rings. The monoisotopic (exact) mass is 166 g/mol. The molecule has 0 amide bonds. The fourth-order valence-corrected chi connectivity index (χ4v) is 3.22. The third-order valence-electron chi connectivity index (χ3n) is 4.21. The van der Waals surface area contributed by atoms with Crippen LogP contribution in [0.25, 0.3) is 0 Å². The van der Waals surface area contributed by atoms with E-state index in [1.807, 2.05) is 0 Å². The van der Waals surface area contributed by atoms with E-state index < -0.39 is 0 Å². The summed E-state index contributed by atoms with van der Waals surface area (Å²) in [4.78, 5) is 0. The molecule has 0 saturated heterocycles. The molecule has 3 aliphatic rings. The molecule has 0 heterocycles. The normalized spacial score (nSPS) is 43.2. The van der Waals surface area contributed by atoms with Crippen molar-refractivity contribution in [1.82, 2.24) is 0 Å². The molecule has 3 rings (SSSR count). The van der Waals surface area contributed by atoms with Crippen LogP contribution in [-0.2, 0) is 0 Å². The average molecular weight is 166 g/mol. The Morgan fingerprint density at radius 2 is 1.42 bits per heavy atom. The van der Waals surface area contributed by atoms with Gasteiger partial charge in [0.05, 0.1) is 0 Å². The molecule has 0 spiro atoms. The second-order valence-corrected chi connectivity index (χ2v) is 5.04. The van der Waals surface area contributed by atoms with Crippen LogP contribution < -0.4 is 0 Å². The minimum atomic E-state index is 1.04. The lowest BCUT2D eigenvalue weighted by molar-refractivity contribution is 0.189. The average Bonchev–Trinajstić information content (AvgIpc) is 1.97. The molecule has 1 atom stereocenters. The second-order valence-electron chi connectivity index (χ2n) is 5.04. The van der Waals surface area contributed by atoms with Gasteiger partial charge in [0.25, 0.3) is 0 Å². The van der Waals surface area contributed by atoms with Gasteiger partial charge in [-0.2, -0.15) is 0 Å². The number of hydrogen-bond donors (Lipinski definition) is 0. The maximum absolute atomic E-state index is 2.48. The first-order chi connectivity index (χ1) is 5.86. The summed E-state index contributed by atoms with van der Waals surface area (Å²) in [5, 5.41) is 0. The molecule has 0 radical (unpaired) electrons. The van der Waals surface area contributed by atoms with Gasteiger partial charge in [-0.25, -0.2) is 0 Å². The van der Waals surface area contributed by atoms with Crippen LogP contribution >= 0.6 is 0 Å². The van der Waals surface area contributed by atoms with Gasteiger partial charge in [-0.05, 0) is 17.8 Å². The Kier molecular flexibility index (Phi) is 2.73. The summed E-state index contributed by atoms with van der Waals surface area (Å²) in [7, 11) is 0. The molecule has 3 aliphatic carbocycles. The highest BCUT2D eigenvalue weighted by Crippen LogP contribution is 2.38. The topological polar surface area (TPSA) is 0 Å². The molecule has 70 valence electrons. The molecule has 0 aliphatic heterocycles. The summed E-state index contributed by atoms with van der Waals surface area (Å²) in [5.41, 5.74) is 0. The predicted molar refractivity (Wildman–Crippen MR) is 53.1 cm³/mol. The van der Waals surface area contributed by atoms with Crippen molar-refractivity contribution in [3.8, 4) is 0 Å². The van der Waals surface area contributed by atoms with E-state index >= 15 is 0 Å². The Labute approximate surface area is 76.7 Å². The van der Waals surface area contributed by atoms with E-state index in [-0.39, 0.29) is 0 Å². The first kappa shape index (κ1) is 8.59. The quantitative estimate of drug-likeness (QED) is 0.510. The van der Waals surface area contributed by atoms with E-state index in [0.717, 1.165) is 17.8 Å². The highest BCUT2D eigenvalue weighted by molar-refractivity contribution is 4.77. The molecule has 3 saturated carbocycles. The van der Waals surface area contributed by atoms with Crippen molar-refractivity contribution in [3.63, 3.8) is 0 Å². The first-order valence-electron chi connectivity index (χ1n) is 5.86. The van der Waals surface area contributed by atoms with Crippen LogP contribution in [-0.4, -0.2) is 0 Å². The summed E-state index contributed by atoms with van der Waals surface area (Å²) >= 11 is 0. The molecule has 0 nitrogen and oxygen atoms in total. The van der Waals surface area contributed by atoms with Gasteiger partial charge in [0.1, 0.15) is 0 Å². The zero-order valence-corrected chi connectivity index (χ0v) is 8.39. The highest BCUT2D eigenvalue weighted by atomic mass is 14.3. The van der Waals surface area contributed by atoms with Crippen molar-refractivity contribution < 1.29 is 0 Å². The standard InChI is InChI=1S/C12H22/c1-10-8-9-11-4-2-6-12(10)7-3-5-11/h10-12H,2-9H2,1H3/t10-,11?,12?/m0/s1. The molecular weight excluding hydrogens is 144 g/mol. The number of fused-ring (bicyclic) bond motifs is 6. The van der Waals surface area contributed by atoms with Gasteiger partial charge < -0.3 is 0 Å². The Morgan fingerprint density at radius 3 is 2.08 bits per heavy atom. The van der Waals surface area contributed by atoms with Gasteiger partial charge in [-0.15, -0.1) is 0 Å². The summed E-state index contributed by atoms with van der Waals surface area (Å²) < 4.78 is 0. The van der Waals surface area contributed by atoms with E-state index in [1.54, 1.807) is 12.8 Å². The lowest BCUT2D eigenvalue weighted by Gasteiger charge is -2.33. The first-order valence-corrected chi connectivity index (χ1v) is 5.86. The molecule has 0 unspecified atom stereocenters. The van der Waals surface area contributed by atoms with Gasteiger partial charge in [0.15, 0.2) is 0 Å². The van der Waals surface area contributed by atoms with Crippen LogP contribution in [0.15, 0.2) is 0 Å². The number of hydrogen-bond acceptors (Lipinski definition) is 0. The van der Waals surface area contributed by atoms with E-state index in [4.69, 9.17) is 0 Å². The van der Waals surface area contributed by atoms with Crippen molar-refractivity contribution in [1.29, 1.82) is 0 Å². The summed E-state index contributed by atoms with van der Waals surface area (Å²) in [6.07, 6.45) is 12.3. The van der Waals surface area contributed by atoms with Crippen LogP contribution in [0.3, 0.4) is 0 Å². The van der Waals surface area contributed by atoms with Crippen LogP contribution in [0.5, 0.6) is 0 Å². The fourth-order valence-electron chi connectivity index (χ4n) is 3.22. The van der Waals surface area contributed by atoms with E-state index in [0.29, 0.717) is 0 Å². The Morgan fingerprint density at radius 1 is 0.750 bits per heavy atom. The largest absolute Gasteiger partial charge is 0.0622 e. The summed E-state index contributed by atoms with van der Waals surface area (Å²) in [6, 6.07) is 0. The molecule has 0 N–H and O–H groups in total. The maximum Gasteiger partial charge on any atom is -0.0388 e. The Bertz CT molecular complexity index is 127. The van der Waals surface area contributed by atoms with Gasteiger partial charge in [-0.1, -0.05) is 58.3 Å². The fraction of sp³-hybridized carbons (Fsp3) is 1.00. The van der Waals surface area contributed by atoms with Gasteiger partial charge >= 0.3 is 0 Å². The Balaban J connectivity index is 2.02. The summed E-state index contributed by atoms with van der Waals surface area (Å²) in [6.45, 7) is 2.48. The van der Waals surface area contributed by atoms with Crippen LogP contribution in [0.1, 0.15) is 58.3 Å². The SMILES string of the molecule is C[C@H]1CCC2CCCC1CCC2. The molecule has 0 heteroatoms. The van der Waals surface area contributed by atoms with Crippen molar-refractivity contribution in [2.24, 2.45) is 17.8 Å². The van der Waals surface area contributed by atoms with Gasteiger partial charge in [0, 0.05) is 0 Å². The number of rotatable bonds is 0.